The highest BCUT2D eigenvalue weighted by Crippen LogP contribution is 2.36. The van der Waals surface area contributed by atoms with Crippen LogP contribution in [0.15, 0.2) is 279 Å². The fourth-order valence-electron chi connectivity index (χ4n) is 7.93. The Morgan fingerprint density at radius 3 is 0.637 bits per heavy atom. The maximum Gasteiger partial charge on any atom is 0.119 e. The molecule has 0 aliphatic heterocycles. The summed E-state index contributed by atoms with van der Waals surface area (Å²) in [6.45, 7) is 28.1. The summed E-state index contributed by atoms with van der Waals surface area (Å²) >= 11 is 4.54. The normalized spacial score (nSPS) is 9.43. The maximum atomic E-state index is 5.94. The first kappa shape index (κ1) is 79.3. The Balaban J connectivity index is 0.000000505. The summed E-state index contributed by atoms with van der Waals surface area (Å²) in [5.41, 5.74) is 8.77. The first-order valence-electron chi connectivity index (χ1n) is 32.1. The third-order valence-electron chi connectivity index (χ3n) is 11.7. The average molecular weight is 1450 g/mol. The molecule has 0 aliphatic rings. The molecule has 0 saturated carbocycles. The first-order valence-corrected chi connectivity index (χ1v) is 34.3. The van der Waals surface area contributed by atoms with Gasteiger partial charge in [-0.2, -0.15) is 0 Å². The molecule has 484 valence electrons. The Morgan fingerprint density at radius 2 is 0.418 bits per heavy atom. The van der Waals surface area contributed by atoms with Crippen molar-refractivity contribution in [3.63, 3.8) is 0 Å². The molecule has 1 N–H and O–H groups in total. The van der Waals surface area contributed by atoms with Gasteiger partial charge < -0.3 is 43.5 Å². The topological polar surface area (TPSA) is 73.9 Å². The van der Waals surface area contributed by atoms with Crippen molar-refractivity contribution < 1.29 is 28.4 Å². The van der Waals surface area contributed by atoms with Gasteiger partial charge >= 0.3 is 0 Å². The molecule has 91 heavy (non-hydrogen) atoms. The highest BCUT2D eigenvalue weighted by Gasteiger charge is 2.13. The Labute approximate surface area is 575 Å². The molecule has 10 rings (SSSR count). The van der Waals surface area contributed by atoms with Crippen molar-refractivity contribution in [2.24, 2.45) is 0 Å². The molecular weight excluding hydrogens is 1350 g/mol. The van der Waals surface area contributed by atoms with Gasteiger partial charge in [-0.15, -0.1) is 0 Å². The lowest BCUT2D eigenvalue weighted by atomic mass is 10.2. The Kier molecular flexibility index (Phi) is 46.1. The third-order valence-corrected chi connectivity index (χ3v) is 13.1. The molecule has 9 nitrogen and oxygen atoms in total. The number of halogens is 2. The van der Waals surface area contributed by atoms with E-state index in [0.717, 1.165) is 68.5 Å². The summed E-state index contributed by atoms with van der Waals surface area (Å²) in [7, 11) is 0. The minimum absolute atomic E-state index is 0.462. The highest BCUT2D eigenvalue weighted by molar-refractivity contribution is 14.1. The summed E-state index contributed by atoms with van der Waals surface area (Å²) < 4.78 is 36.6. The number of nitrogens with zero attached hydrogens (tertiary/aromatic N) is 2. The Morgan fingerprint density at radius 1 is 0.231 bits per heavy atom. The van der Waals surface area contributed by atoms with Crippen LogP contribution in [0.5, 0.6) is 23.0 Å². The molecular formula is C80H99I2N3O6. The van der Waals surface area contributed by atoms with E-state index in [2.05, 4.69) is 182 Å². The summed E-state index contributed by atoms with van der Waals surface area (Å²) in [4.78, 5) is 4.45. The van der Waals surface area contributed by atoms with Crippen molar-refractivity contribution in [2.45, 2.75) is 83.1 Å². The van der Waals surface area contributed by atoms with Crippen molar-refractivity contribution in [1.29, 1.82) is 0 Å². The molecule has 0 unspecified atom stereocenters. The van der Waals surface area contributed by atoms with E-state index in [1.54, 1.807) is 0 Å². The van der Waals surface area contributed by atoms with Crippen LogP contribution in [-0.4, -0.2) is 52.9 Å². The number of nitrogens with one attached hydrogen (secondary N) is 1. The van der Waals surface area contributed by atoms with Gasteiger partial charge in [0, 0.05) is 52.6 Å². The monoisotopic (exact) mass is 1450 g/mol. The third kappa shape index (κ3) is 32.2. The van der Waals surface area contributed by atoms with Crippen LogP contribution in [0.4, 0.5) is 45.5 Å². The highest BCUT2D eigenvalue weighted by atomic mass is 127. The van der Waals surface area contributed by atoms with Crippen molar-refractivity contribution >= 4 is 90.7 Å². The molecule has 0 aliphatic carbocycles. The number of ether oxygens (including phenoxy) is 6. The second-order valence-corrected chi connectivity index (χ2v) is 19.9. The fraction of sp³-hybridized carbons (Fsp3) is 0.250. The molecule has 0 saturated heterocycles. The molecule has 10 aromatic rings. The summed E-state index contributed by atoms with van der Waals surface area (Å²) in [5, 5.41) is 3.30. The number of hydrogen-bond acceptors (Lipinski definition) is 9. The zero-order valence-corrected chi connectivity index (χ0v) is 60.1. The number of hydrogen-bond donors (Lipinski definition) is 1. The van der Waals surface area contributed by atoms with Crippen LogP contribution in [-0.2, 0) is 9.47 Å². The molecule has 11 heteroatoms. The zero-order chi connectivity index (χ0) is 66.4. The van der Waals surface area contributed by atoms with Crippen LogP contribution in [0.2, 0.25) is 0 Å². The quantitative estimate of drug-likeness (QED) is 0.0470. The van der Waals surface area contributed by atoms with E-state index < -0.39 is 0 Å². The maximum absolute atomic E-state index is 5.94. The van der Waals surface area contributed by atoms with E-state index in [4.69, 9.17) is 28.4 Å². The van der Waals surface area contributed by atoms with Crippen LogP contribution >= 0.6 is 45.2 Å². The molecule has 0 fully saturated rings. The molecule has 0 aromatic heterocycles. The molecule has 0 amide bonds. The van der Waals surface area contributed by atoms with E-state index in [1.807, 2.05) is 241 Å². The number of para-hydroxylation sites is 6. The summed E-state index contributed by atoms with van der Waals surface area (Å²) in [5.74, 6) is 3.35. The number of rotatable bonds is 24. The van der Waals surface area contributed by atoms with Gasteiger partial charge in [0.25, 0.3) is 0 Å². The van der Waals surface area contributed by atoms with E-state index in [1.165, 1.54) is 7.14 Å². The zero-order valence-electron chi connectivity index (χ0n) is 55.8. The van der Waals surface area contributed by atoms with Crippen LogP contribution < -0.4 is 34.1 Å². The lowest BCUT2D eigenvalue weighted by Gasteiger charge is -2.25. The van der Waals surface area contributed by atoms with Crippen molar-refractivity contribution in [3.05, 3.63) is 286 Å². The minimum Gasteiger partial charge on any atom is -0.491 e. The standard InChI is InChI=1S/C40H36N2O3.C16H16I2O3.C12H11N.6C2H6/c1-5-13-33(14-6-1)41(34-15-7-2-8-16-34)37-21-25-39(26-22-37)44-31-29-43-30-32-45-40-27-23-38(24-28-40)42(35-17-9-3-10-18-35)36-19-11-4-12-20-36;17-13-1-5-15(6-2-13)20-11-9-19-10-12-21-16-7-3-14(18)4-8-16;1-3-7-11(8-4-1)13-12-9-5-2-6-10-12;6*1-2/h1-28H,29-32H2;1-8H,9-12H2;1-10,13H;6*1-2H3. The van der Waals surface area contributed by atoms with Crippen molar-refractivity contribution in [1.82, 2.24) is 0 Å². The predicted octanol–water partition coefficient (Wildman–Crippen LogP) is 24.1. The second-order valence-electron chi connectivity index (χ2n) is 17.4. The first-order chi connectivity index (χ1) is 45.0. The van der Waals surface area contributed by atoms with Gasteiger partial charge in [-0.1, -0.05) is 192 Å². The van der Waals surface area contributed by atoms with Gasteiger partial charge in [0.1, 0.15) is 49.4 Å². The van der Waals surface area contributed by atoms with Gasteiger partial charge in [0.05, 0.1) is 26.4 Å². The van der Waals surface area contributed by atoms with Crippen LogP contribution in [0.3, 0.4) is 0 Å². The largest absolute Gasteiger partial charge is 0.491 e. The average Bonchev–Trinajstić information content (AvgIpc) is 1.32. The molecule has 0 heterocycles. The Hall–Kier alpha value is -7.82. The SMILES string of the molecule is CC.CC.CC.CC.CC.CC.Ic1ccc(OCCOCCOc2ccc(I)cc2)cc1.c1ccc(N(c2ccccc2)c2ccc(OCCOCCOc3ccc(N(c4ccccc4)c4ccccc4)cc3)cc2)cc1.c1ccc(Nc2ccccc2)cc1. The fourth-order valence-corrected chi connectivity index (χ4v) is 8.65. The van der Waals surface area contributed by atoms with Crippen LogP contribution in [0.1, 0.15) is 83.1 Å². The van der Waals surface area contributed by atoms with Gasteiger partial charge in [0.15, 0.2) is 0 Å². The molecule has 0 spiro atoms. The minimum atomic E-state index is 0.462. The van der Waals surface area contributed by atoms with E-state index >= 15 is 0 Å². The molecule has 10 aromatic carbocycles. The van der Waals surface area contributed by atoms with Crippen molar-refractivity contribution in [2.75, 3.05) is 68.0 Å². The Bertz CT molecular complexity index is 2900. The smallest absolute Gasteiger partial charge is 0.119 e. The number of anilines is 8. The van der Waals surface area contributed by atoms with Gasteiger partial charge in [-0.05, 0) is 215 Å². The lowest BCUT2D eigenvalue weighted by Crippen LogP contribution is -2.12. The van der Waals surface area contributed by atoms with Crippen LogP contribution in [0, 0.1) is 7.14 Å². The molecule has 0 radical (unpaired) electrons. The summed E-state index contributed by atoms with van der Waals surface area (Å²) in [6, 6.07) is 93.9. The number of benzene rings is 10. The second kappa shape index (κ2) is 52.9. The summed E-state index contributed by atoms with van der Waals surface area (Å²) in [6.07, 6.45) is 0. The van der Waals surface area contributed by atoms with Gasteiger partial charge in [-0.3, -0.25) is 0 Å². The molecule has 0 atom stereocenters. The van der Waals surface area contributed by atoms with E-state index in [0.29, 0.717) is 52.9 Å². The van der Waals surface area contributed by atoms with Gasteiger partial charge in [-0.25, -0.2) is 0 Å². The van der Waals surface area contributed by atoms with Crippen molar-refractivity contribution in [3.8, 4) is 23.0 Å². The van der Waals surface area contributed by atoms with E-state index in [9.17, 15) is 0 Å². The molecule has 0 bridgehead atoms. The lowest BCUT2D eigenvalue weighted by molar-refractivity contribution is 0.0764. The van der Waals surface area contributed by atoms with E-state index in [-0.39, 0.29) is 0 Å². The van der Waals surface area contributed by atoms with Gasteiger partial charge in [0.2, 0.25) is 0 Å². The predicted molar refractivity (Wildman–Crippen MR) is 408 cm³/mol. The van der Waals surface area contributed by atoms with Crippen LogP contribution in [0.25, 0.3) is 0 Å².